The van der Waals surface area contributed by atoms with Crippen LogP contribution >= 0.6 is 45.9 Å². The van der Waals surface area contributed by atoms with E-state index < -0.39 is 3.93 Å². The highest BCUT2D eigenvalue weighted by atomic mass is 80.0. The highest BCUT2D eigenvalue weighted by Gasteiger charge is 2.56. The first kappa shape index (κ1) is 23.5. The van der Waals surface area contributed by atoms with E-state index in [1.54, 1.807) is 27.4 Å². The van der Waals surface area contributed by atoms with Gasteiger partial charge in [-0.25, -0.2) is 0 Å². The van der Waals surface area contributed by atoms with Gasteiger partial charge in [0.05, 0.1) is 0 Å². The van der Waals surface area contributed by atoms with Crippen LogP contribution in [0.15, 0.2) is 6.07 Å². The smallest absolute Gasteiger partial charge is 0.0910 e. The Labute approximate surface area is 197 Å². The van der Waals surface area contributed by atoms with Crippen LogP contribution in [0.1, 0.15) is 116 Å². The van der Waals surface area contributed by atoms with Crippen LogP contribution in [0, 0.1) is 0 Å². The third kappa shape index (κ3) is 3.21. The molecule has 0 nitrogen and oxygen atoms in total. The molecule has 0 radical (unpaired) electrons. The van der Waals surface area contributed by atoms with E-state index in [0.29, 0.717) is 0 Å². The van der Waals surface area contributed by atoms with Crippen LogP contribution in [0.5, 0.6) is 0 Å². The third-order valence-electron chi connectivity index (χ3n) is 8.40. The second kappa shape index (κ2) is 7.20. The Bertz CT molecular complexity index is 722. The number of hydrogen-bond acceptors (Lipinski definition) is 0. The molecule has 0 amide bonds. The van der Waals surface area contributed by atoms with Gasteiger partial charge in [0.15, 0.2) is 0 Å². The van der Waals surface area contributed by atoms with E-state index in [1.165, 1.54) is 38.5 Å². The summed E-state index contributed by atoms with van der Waals surface area (Å²) in [5.41, 5.74) is 7.65. The fourth-order valence-electron chi connectivity index (χ4n) is 6.90. The van der Waals surface area contributed by atoms with E-state index in [9.17, 15) is 0 Å². The van der Waals surface area contributed by atoms with Gasteiger partial charge in [0.1, 0.15) is 0 Å². The first-order chi connectivity index (χ1) is 12.8. The molecule has 1 aromatic carbocycles. The van der Waals surface area contributed by atoms with E-state index in [0.717, 1.165) is 0 Å². The highest BCUT2D eigenvalue weighted by molar-refractivity contribution is 9.72. The molecule has 0 N–H and O–H groups in total. The normalized spacial score (nSPS) is 23.5. The third-order valence-corrected chi connectivity index (χ3v) is 13.0. The van der Waals surface area contributed by atoms with Gasteiger partial charge in [0, 0.05) is 0 Å². The van der Waals surface area contributed by atoms with Gasteiger partial charge in [-0.15, -0.1) is 0 Å². The van der Waals surface area contributed by atoms with E-state index >= 15 is 0 Å². The van der Waals surface area contributed by atoms with Crippen molar-refractivity contribution < 1.29 is 0 Å². The van der Waals surface area contributed by atoms with Gasteiger partial charge in [-0.3, -0.25) is 0 Å². The van der Waals surface area contributed by atoms with Crippen molar-refractivity contribution >= 4 is 55.0 Å². The lowest BCUT2D eigenvalue weighted by molar-refractivity contribution is 0.324. The Morgan fingerprint density at radius 3 is 1.29 bits per heavy atom. The number of benzene rings is 1. The van der Waals surface area contributed by atoms with Crippen molar-refractivity contribution in [3.05, 3.63) is 28.3 Å². The Hall–Kier alpha value is 0.877. The van der Waals surface area contributed by atoms with Gasteiger partial charge in [0.25, 0.3) is 3.93 Å². The Morgan fingerprint density at radius 2 is 1.04 bits per heavy atom. The molecule has 2 aliphatic rings. The molecule has 2 aliphatic carbocycles. The van der Waals surface area contributed by atoms with Gasteiger partial charge in [0.2, 0.25) is 0 Å². The number of halogens is 3. The molecule has 0 bridgehead atoms. The Morgan fingerprint density at radius 1 is 0.714 bits per heavy atom. The SMILES string of the molecule is CCC1(CC)CC(C)(C)c2cc3c(c([Si](Br)(Br)Br)c21)C(CC)(CC)CC3(C)C. The molecular formula is C24H37Br3Si. The van der Waals surface area contributed by atoms with Crippen LogP contribution in [0.25, 0.3) is 0 Å². The summed E-state index contributed by atoms with van der Waals surface area (Å²) in [5.74, 6) is 0. The second-order valence-electron chi connectivity index (χ2n) is 10.7. The Kier molecular flexibility index (Phi) is 6.05. The van der Waals surface area contributed by atoms with Crippen LogP contribution in [-0.2, 0) is 21.7 Å². The zero-order chi connectivity index (χ0) is 21.3. The molecule has 0 saturated carbocycles. The number of rotatable bonds is 5. The summed E-state index contributed by atoms with van der Waals surface area (Å²) in [6.07, 6.45) is 7.41. The molecule has 0 saturated heterocycles. The lowest BCUT2D eigenvalue weighted by Gasteiger charge is -2.37. The van der Waals surface area contributed by atoms with E-state index in [1.807, 2.05) is 0 Å². The maximum Gasteiger partial charge on any atom is 0.298 e. The van der Waals surface area contributed by atoms with Crippen molar-refractivity contribution in [3.63, 3.8) is 0 Å². The molecule has 0 atom stereocenters. The fourth-order valence-corrected chi connectivity index (χ4v) is 11.8. The van der Waals surface area contributed by atoms with Gasteiger partial charge in [-0.2, -0.15) is 0 Å². The molecule has 0 unspecified atom stereocenters. The molecule has 0 spiro atoms. The largest absolute Gasteiger partial charge is 0.298 e. The topological polar surface area (TPSA) is 0 Å². The van der Waals surface area contributed by atoms with E-state index in [2.05, 4.69) is 107 Å². The molecule has 28 heavy (non-hydrogen) atoms. The van der Waals surface area contributed by atoms with Gasteiger partial charge in [-0.1, -0.05) is 107 Å². The molecule has 1 aromatic rings. The van der Waals surface area contributed by atoms with Crippen molar-refractivity contribution in [3.8, 4) is 0 Å². The summed E-state index contributed by atoms with van der Waals surface area (Å²) in [4.78, 5) is 0. The molecule has 158 valence electrons. The minimum Gasteiger partial charge on any atom is -0.0910 e. The van der Waals surface area contributed by atoms with Crippen LogP contribution in [0.2, 0.25) is 0 Å². The summed E-state index contributed by atoms with van der Waals surface area (Å²) in [6.45, 7) is 19.5. The number of fused-ring (bicyclic) bond motifs is 2. The molecule has 4 heteroatoms. The summed E-state index contributed by atoms with van der Waals surface area (Å²) in [5, 5.41) is 1.63. The first-order valence-corrected chi connectivity index (χ1v) is 19.8. The van der Waals surface area contributed by atoms with E-state index in [-0.39, 0.29) is 21.7 Å². The maximum atomic E-state index is 4.16. The van der Waals surface area contributed by atoms with Crippen LogP contribution in [0.4, 0.5) is 0 Å². The minimum atomic E-state index is -2.08. The van der Waals surface area contributed by atoms with Crippen molar-refractivity contribution in [2.75, 3.05) is 0 Å². The van der Waals surface area contributed by atoms with Gasteiger partial charge >= 0.3 is 0 Å². The summed E-state index contributed by atoms with van der Waals surface area (Å²) < 4.78 is -2.08. The maximum absolute atomic E-state index is 4.16. The zero-order valence-electron chi connectivity index (χ0n) is 19.0. The van der Waals surface area contributed by atoms with E-state index in [4.69, 9.17) is 0 Å². The minimum absolute atomic E-state index is 0.234. The van der Waals surface area contributed by atoms with Gasteiger partial charge in [-0.05, 0) is 87.6 Å². The predicted molar refractivity (Wildman–Crippen MR) is 138 cm³/mol. The molecule has 0 aliphatic heterocycles. The summed E-state index contributed by atoms with van der Waals surface area (Å²) in [6, 6.07) is 2.65. The summed E-state index contributed by atoms with van der Waals surface area (Å²) in [7, 11) is 0. The Balaban J connectivity index is 2.56. The van der Waals surface area contributed by atoms with Crippen LogP contribution in [-0.4, -0.2) is 3.93 Å². The molecule has 0 aromatic heterocycles. The highest BCUT2D eigenvalue weighted by Crippen LogP contribution is 2.60. The average molecular weight is 593 g/mol. The zero-order valence-corrected chi connectivity index (χ0v) is 24.7. The van der Waals surface area contributed by atoms with Crippen LogP contribution < -0.4 is 5.19 Å². The molecule has 0 heterocycles. The van der Waals surface area contributed by atoms with Crippen molar-refractivity contribution in [2.24, 2.45) is 0 Å². The van der Waals surface area contributed by atoms with Crippen molar-refractivity contribution in [1.82, 2.24) is 0 Å². The monoisotopic (exact) mass is 590 g/mol. The fraction of sp³-hybridized carbons (Fsp3) is 0.750. The quantitative estimate of drug-likeness (QED) is 0.237. The average Bonchev–Trinajstić information content (AvgIpc) is 2.98. The first-order valence-electron chi connectivity index (χ1n) is 11.1. The van der Waals surface area contributed by atoms with Crippen molar-refractivity contribution in [2.45, 2.75) is 116 Å². The predicted octanol–water partition coefficient (Wildman–Crippen LogP) is 8.50. The molecule has 3 rings (SSSR count). The lowest BCUT2D eigenvalue weighted by atomic mass is 9.72. The molecular weight excluding hydrogens is 556 g/mol. The van der Waals surface area contributed by atoms with Crippen LogP contribution in [0.3, 0.4) is 0 Å². The van der Waals surface area contributed by atoms with Gasteiger partial charge < -0.3 is 0 Å². The lowest BCUT2D eigenvalue weighted by Crippen LogP contribution is -2.44. The van der Waals surface area contributed by atoms with Crippen molar-refractivity contribution in [1.29, 1.82) is 0 Å². The standard InChI is InChI=1S/C24H37Br3Si/c1-9-23(10-2)14-21(5,6)16-13-17-19(20(18(16)23)28(25,26)27)24(11-3,12-4)15-22(17,7)8/h13H,9-12,14-15H2,1-8H3. The summed E-state index contributed by atoms with van der Waals surface area (Å²) >= 11 is 12.5. The molecule has 0 fully saturated rings. The second-order valence-corrected chi connectivity index (χ2v) is 32.5. The number of hydrogen-bond donors (Lipinski definition) is 0.